The Morgan fingerprint density at radius 3 is 2.58 bits per heavy atom. The Labute approximate surface area is 159 Å². The lowest BCUT2D eigenvalue weighted by Gasteiger charge is -2.23. The minimum absolute atomic E-state index is 0.483. The van der Waals surface area contributed by atoms with Gasteiger partial charge in [0.1, 0.15) is 0 Å². The number of rotatable bonds is 6. The van der Waals surface area contributed by atoms with Gasteiger partial charge in [-0.3, -0.25) is 0 Å². The Hall–Kier alpha value is -2.08. The lowest BCUT2D eigenvalue weighted by atomic mass is 9.81. The van der Waals surface area contributed by atoms with Crippen molar-refractivity contribution in [2.45, 2.75) is 52.9 Å². The molecule has 0 nitrogen and oxygen atoms in total. The summed E-state index contributed by atoms with van der Waals surface area (Å²) in [6, 6.07) is 8.66. The van der Waals surface area contributed by atoms with Gasteiger partial charge in [0.05, 0.1) is 0 Å². The SMILES string of the molecule is C=C1CC(=CC2=CC=C(c3ccccc3C)C2)C(=C)C1C(CC)CCC. The molecule has 2 aliphatic rings. The monoisotopic (exact) mass is 344 g/mol. The molecule has 1 aromatic carbocycles. The molecule has 0 heterocycles. The van der Waals surface area contributed by atoms with E-state index in [4.69, 9.17) is 0 Å². The van der Waals surface area contributed by atoms with Crippen molar-refractivity contribution >= 4 is 5.57 Å². The summed E-state index contributed by atoms with van der Waals surface area (Å²) in [4.78, 5) is 0. The van der Waals surface area contributed by atoms with Crippen LogP contribution in [0.1, 0.15) is 57.1 Å². The fourth-order valence-electron chi connectivity index (χ4n) is 4.64. The highest BCUT2D eigenvalue weighted by molar-refractivity contribution is 5.75. The minimum Gasteiger partial charge on any atom is -0.0989 e. The molecule has 1 fully saturated rings. The van der Waals surface area contributed by atoms with Crippen LogP contribution < -0.4 is 0 Å². The van der Waals surface area contributed by atoms with E-state index in [1.54, 1.807) is 0 Å². The largest absolute Gasteiger partial charge is 0.0989 e. The maximum absolute atomic E-state index is 4.48. The van der Waals surface area contributed by atoms with Crippen LogP contribution in [0.15, 0.2) is 77.9 Å². The molecule has 1 saturated carbocycles. The molecule has 0 spiro atoms. The van der Waals surface area contributed by atoms with E-state index in [1.165, 1.54) is 58.3 Å². The number of aryl methyl sites for hydroxylation is 1. The van der Waals surface area contributed by atoms with E-state index in [0.717, 1.165) is 12.8 Å². The van der Waals surface area contributed by atoms with Crippen LogP contribution >= 0.6 is 0 Å². The zero-order chi connectivity index (χ0) is 18.7. The topological polar surface area (TPSA) is 0 Å². The Morgan fingerprint density at radius 2 is 1.88 bits per heavy atom. The first-order chi connectivity index (χ1) is 12.5. The van der Waals surface area contributed by atoms with Gasteiger partial charge in [-0.2, -0.15) is 0 Å². The van der Waals surface area contributed by atoms with Crippen LogP contribution in [0, 0.1) is 18.8 Å². The molecule has 1 aromatic rings. The third-order valence-corrected chi connectivity index (χ3v) is 6.04. The molecule has 2 aliphatic carbocycles. The zero-order valence-corrected chi connectivity index (χ0v) is 16.6. The van der Waals surface area contributed by atoms with Gasteiger partial charge in [0.15, 0.2) is 0 Å². The van der Waals surface area contributed by atoms with Gasteiger partial charge in [-0.15, -0.1) is 0 Å². The van der Waals surface area contributed by atoms with Crippen molar-refractivity contribution in [2.24, 2.45) is 11.8 Å². The van der Waals surface area contributed by atoms with Crippen molar-refractivity contribution in [3.8, 4) is 0 Å². The van der Waals surface area contributed by atoms with E-state index >= 15 is 0 Å². The molecule has 136 valence electrons. The van der Waals surface area contributed by atoms with Crippen molar-refractivity contribution in [2.75, 3.05) is 0 Å². The maximum atomic E-state index is 4.48. The van der Waals surface area contributed by atoms with Crippen molar-refractivity contribution < 1.29 is 0 Å². The molecular weight excluding hydrogens is 312 g/mol. The lowest BCUT2D eigenvalue weighted by Crippen LogP contribution is -2.13. The van der Waals surface area contributed by atoms with Crippen LogP contribution in [0.2, 0.25) is 0 Å². The van der Waals surface area contributed by atoms with Gasteiger partial charge in [0, 0.05) is 5.92 Å². The summed E-state index contributed by atoms with van der Waals surface area (Å²) in [6.45, 7) is 15.7. The molecule has 2 atom stereocenters. The van der Waals surface area contributed by atoms with E-state index in [9.17, 15) is 0 Å². The summed E-state index contributed by atoms with van der Waals surface area (Å²) in [5, 5.41) is 0. The molecule has 26 heavy (non-hydrogen) atoms. The second kappa shape index (κ2) is 8.08. The maximum Gasteiger partial charge on any atom is 0.00739 e. The van der Waals surface area contributed by atoms with E-state index in [2.05, 4.69) is 76.4 Å². The molecule has 0 heteroatoms. The molecule has 0 radical (unpaired) electrons. The number of hydrogen-bond donors (Lipinski definition) is 0. The Kier molecular flexibility index (Phi) is 5.81. The minimum atomic E-state index is 0.483. The van der Waals surface area contributed by atoms with Crippen LogP contribution in [0.3, 0.4) is 0 Å². The van der Waals surface area contributed by atoms with Gasteiger partial charge in [-0.1, -0.05) is 87.9 Å². The van der Waals surface area contributed by atoms with E-state index in [1.807, 2.05) is 0 Å². The van der Waals surface area contributed by atoms with Gasteiger partial charge in [-0.05, 0) is 65.5 Å². The van der Waals surface area contributed by atoms with E-state index in [-0.39, 0.29) is 0 Å². The summed E-state index contributed by atoms with van der Waals surface area (Å²) >= 11 is 0. The summed E-state index contributed by atoms with van der Waals surface area (Å²) < 4.78 is 0. The van der Waals surface area contributed by atoms with Crippen LogP contribution in [0.25, 0.3) is 5.57 Å². The van der Waals surface area contributed by atoms with Crippen molar-refractivity contribution in [3.63, 3.8) is 0 Å². The molecule has 2 unspecified atom stereocenters. The van der Waals surface area contributed by atoms with Crippen LogP contribution in [0.5, 0.6) is 0 Å². The Bertz CT molecular complexity index is 797. The van der Waals surface area contributed by atoms with Crippen molar-refractivity contribution in [3.05, 3.63) is 89.1 Å². The fraction of sp³-hybridized carbons (Fsp3) is 0.385. The summed E-state index contributed by atoms with van der Waals surface area (Å²) in [6.07, 6.45) is 12.7. The van der Waals surface area contributed by atoms with E-state index in [0.29, 0.717) is 11.8 Å². The molecule has 0 aromatic heterocycles. The Morgan fingerprint density at radius 1 is 1.12 bits per heavy atom. The first-order valence-corrected chi connectivity index (χ1v) is 10.1. The predicted octanol–water partition coefficient (Wildman–Crippen LogP) is 7.59. The third-order valence-electron chi connectivity index (χ3n) is 6.04. The number of hydrogen-bond acceptors (Lipinski definition) is 0. The predicted molar refractivity (Wildman–Crippen MR) is 115 cm³/mol. The number of allylic oxidation sites excluding steroid dienone is 8. The van der Waals surface area contributed by atoms with Gasteiger partial charge >= 0.3 is 0 Å². The highest BCUT2D eigenvalue weighted by Gasteiger charge is 2.32. The molecule has 0 amide bonds. The molecule has 0 aliphatic heterocycles. The second-order valence-corrected chi connectivity index (χ2v) is 7.89. The molecule has 0 saturated heterocycles. The molecular formula is C26H32. The van der Waals surface area contributed by atoms with Gasteiger partial charge < -0.3 is 0 Å². The highest BCUT2D eigenvalue weighted by Crippen LogP contribution is 2.46. The molecule has 0 N–H and O–H groups in total. The molecule has 3 rings (SSSR count). The quantitative estimate of drug-likeness (QED) is 0.466. The average molecular weight is 345 g/mol. The van der Waals surface area contributed by atoms with Gasteiger partial charge in [0.2, 0.25) is 0 Å². The zero-order valence-electron chi connectivity index (χ0n) is 16.6. The third kappa shape index (κ3) is 3.70. The van der Waals surface area contributed by atoms with Gasteiger partial charge in [0.25, 0.3) is 0 Å². The summed E-state index contributed by atoms with van der Waals surface area (Å²) in [5.74, 6) is 1.18. The first kappa shape index (κ1) is 18.7. The highest BCUT2D eigenvalue weighted by atomic mass is 14.4. The molecule has 0 bridgehead atoms. The van der Waals surface area contributed by atoms with Crippen molar-refractivity contribution in [1.29, 1.82) is 0 Å². The van der Waals surface area contributed by atoms with Gasteiger partial charge in [-0.25, -0.2) is 0 Å². The lowest BCUT2D eigenvalue weighted by molar-refractivity contribution is 0.389. The normalized spacial score (nSPS) is 22.7. The summed E-state index contributed by atoms with van der Waals surface area (Å²) in [7, 11) is 0. The van der Waals surface area contributed by atoms with Crippen LogP contribution in [-0.4, -0.2) is 0 Å². The average Bonchev–Trinajstić information content (AvgIpc) is 3.19. The summed E-state index contributed by atoms with van der Waals surface area (Å²) in [5.41, 5.74) is 9.64. The first-order valence-electron chi connectivity index (χ1n) is 10.1. The standard InChI is InChI=1S/C26H32/c1-6-10-22(7-2)26-19(4)15-24(20(26)5)17-21-13-14-23(16-21)25-12-9-8-11-18(25)3/h8-9,11-14,17,22,26H,4-7,10,15-16H2,1-3H3. The Balaban J connectivity index is 1.73. The van der Waals surface area contributed by atoms with Crippen LogP contribution in [-0.2, 0) is 0 Å². The van der Waals surface area contributed by atoms with Crippen LogP contribution in [0.4, 0.5) is 0 Å². The second-order valence-electron chi connectivity index (χ2n) is 7.89. The smallest absolute Gasteiger partial charge is 0.00739 e. The van der Waals surface area contributed by atoms with E-state index < -0.39 is 0 Å². The van der Waals surface area contributed by atoms with Crippen molar-refractivity contribution in [1.82, 2.24) is 0 Å². The fourth-order valence-corrected chi connectivity index (χ4v) is 4.64. The number of benzene rings is 1.